The maximum absolute atomic E-state index is 11.8. The molecule has 0 N–H and O–H groups in total. The molecule has 2 aromatic heterocycles. The van der Waals surface area contributed by atoms with Crippen molar-refractivity contribution in [3.8, 4) is 5.88 Å². The van der Waals surface area contributed by atoms with E-state index >= 15 is 0 Å². The van der Waals surface area contributed by atoms with Crippen molar-refractivity contribution < 1.29 is 9.53 Å². The third kappa shape index (κ3) is 4.36. The normalized spacial score (nSPS) is 13.8. The van der Waals surface area contributed by atoms with Crippen LogP contribution in [0.15, 0.2) is 36.5 Å². The standard InChI is InChI=1S/C22H24ClN3O2.ClH/c1-15-16(2)26(14-17-5-3-6-18(23)13-17)21-19(15)8-9-24-22(21)28-12-11-25-10-4-7-20(25)27;/h3,5-6,8-9,13H,4,7,10-12,14H2,1-2H3;1H. The van der Waals surface area contributed by atoms with Crippen molar-refractivity contribution in [2.24, 2.45) is 0 Å². The maximum atomic E-state index is 11.8. The number of carbonyl (C=O) groups excluding carboxylic acids is 1. The van der Waals surface area contributed by atoms with E-state index in [-0.39, 0.29) is 18.3 Å². The Morgan fingerprint density at radius 2 is 2.07 bits per heavy atom. The average molecular weight is 434 g/mol. The van der Waals surface area contributed by atoms with Crippen molar-refractivity contribution in [3.05, 3.63) is 58.4 Å². The minimum Gasteiger partial charge on any atom is -0.474 e. The third-order valence-corrected chi connectivity index (χ3v) is 5.75. The summed E-state index contributed by atoms with van der Waals surface area (Å²) in [6.07, 6.45) is 3.37. The van der Waals surface area contributed by atoms with Gasteiger partial charge in [-0.25, -0.2) is 4.98 Å². The number of carbonyl (C=O) groups is 1. The van der Waals surface area contributed by atoms with Crippen LogP contribution < -0.4 is 4.74 Å². The van der Waals surface area contributed by atoms with Gasteiger partial charge in [-0.3, -0.25) is 4.79 Å². The molecule has 0 aliphatic carbocycles. The molecule has 0 atom stereocenters. The minimum atomic E-state index is 0. The monoisotopic (exact) mass is 433 g/mol. The van der Waals surface area contributed by atoms with Crippen LogP contribution in [0.3, 0.4) is 0 Å². The van der Waals surface area contributed by atoms with E-state index in [1.54, 1.807) is 6.20 Å². The van der Waals surface area contributed by atoms with Gasteiger partial charge in [0.1, 0.15) is 12.1 Å². The van der Waals surface area contributed by atoms with E-state index in [9.17, 15) is 4.79 Å². The van der Waals surface area contributed by atoms with Gasteiger partial charge in [0.25, 0.3) is 0 Å². The Labute approximate surface area is 182 Å². The van der Waals surface area contributed by atoms with E-state index < -0.39 is 0 Å². The molecule has 29 heavy (non-hydrogen) atoms. The van der Waals surface area contributed by atoms with Crippen molar-refractivity contribution in [3.63, 3.8) is 0 Å². The first-order chi connectivity index (χ1) is 13.5. The van der Waals surface area contributed by atoms with E-state index in [0.717, 1.165) is 34.5 Å². The first kappa shape index (κ1) is 21.5. The molecule has 4 rings (SSSR count). The molecule has 3 aromatic rings. The van der Waals surface area contributed by atoms with Gasteiger partial charge in [0.2, 0.25) is 11.8 Å². The van der Waals surface area contributed by atoms with Crippen molar-refractivity contribution in [1.29, 1.82) is 0 Å². The number of amides is 1. The smallest absolute Gasteiger partial charge is 0.238 e. The van der Waals surface area contributed by atoms with E-state index in [4.69, 9.17) is 16.3 Å². The Morgan fingerprint density at radius 3 is 2.79 bits per heavy atom. The SMILES string of the molecule is Cc1c(C)n(Cc2cccc(Cl)c2)c2c(OCCN3CCCC3=O)nccc12.Cl. The molecule has 1 aromatic carbocycles. The predicted octanol–water partition coefficient (Wildman–Crippen LogP) is 4.78. The molecule has 0 bridgehead atoms. The van der Waals surface area contributed by atoms with Crippen LogP contribution in [0.5, 0.6) is 5.88 Å². The number of fused-ring (bicyclic) bond motifs is 1. The number of benzene rings is 1. The molecule has 1 fully saturated rings. The van der Waals surface area contributed by atoms with Gasteiger partial charge in [-0.1, -0.05) is 23.7 Å². The lowest BCUT2D eigenvalue weighted by Crippen LogP contribution is -2.29. The predicted molar refractivity (Wildman–Crippen MR) is 118 cm³/mol. The molecule has 7 heteroatoms. The number of likely N-dealkylation sites (tertiary alicyclic amines) is 1. The van der Waals surface area contributed by atoms with Gasteiger partial charge in [0.15, 0.2) is 0 Å². The summed E-state index contributed by atoms with van der Waals surface area (Å²) in [4.78, 5) is 18.2. The van der Waals surface area contributed by atoms with Gasteiger partial charge < -0.3 is 14.2 Å². The second-order valence-electron chi connectivity index (χ2n) is 7.27. The zero-order valence-electron chi connectivity index (χ0n) is 16.7. The number of pyridine rings is 1. The summed E-state index contributed by atoms with van der Waals surface area (Å²) >= 11 is 6.17. The average Bonchev–Trinajstić information content (AvgIpc) is 3.19. The molecule has 1 aliphatic heterocycles. The molecule has 0 saturated carbocycles. The fraction of sp³-hybridized carbons (Fsp3) is 0.364. The topological polar surface area (TPSA) is 47.4 Å². The molecule has 0 spiro atoms. The molecule has 3 heterocycles. The second-order valence-corrected chi connectivity index (χ2v) is 7.71. The molecule has 154 valence electrons. The van der Waals surface area contributed by atoms with Crippen LogP contribution in [0.1, 0.15) is 29.7 Å². The number of nitrogens with zero attached hydrogens (tertiary/aromatic N) is 3. The number of rotatable bonds is 6. The molecule has 0 radical (unpaired) electrons. The van der Waals surface area contributed by atoms with E-state index in [1.165, 1.54) is 11.3 Å². The second kappa shape index (κ2) is 9.06. The lowest BCUT2D eigenvalue weighted by Gasteiger charge is -2.16. The van der Waals surface area contributed by atoms with Crippen LogP contribution in [-0.4, -0.2) is 40.1 Å². The molecular formula is C22H25Cl2N3O2. The quantitative estimate of drug-likeness (QED) is 0.561. The summed E-state index contributed by atoms with van der Waals surface area (Å²) < 4.78 is 8.28. The highest BCUT2D eigenvalue weighted by atomic mass is 35.5. The number of ether oxygens (including phenoxy) is 1. The first-order valence-corrected chi connectivity index (χ1v) is 10.0. The van der Waals surface area contributed by atoms with Gasteiger partial charge >= 0.3 is 0 Å². The number of aryl methyl sites for hydroxylation is 1. The zero-order valence-corrected chi connectivity index (χ0v) is 18.2. The largest absolute Gasteiger partial charge is 0.474 e. The number of halogens is 2. The minimum absolute atomic E-state index is 0. The highest BCUT2D eigenvalue weighted by molar-refractivity contribution is 6.30. The van der Waals surface area contributed by atoms with E-state index in [2.05, 4.69) is 29.5 Å². The van der Waals surface area contributed by atoms with Crippen molar-refractivity contribution in [2.45, 2.75) is 33.2 Å². The Morgan fingerprint density at radius 1 is 1.24 bits per heavy atom. The van der Waals surface area contributed by atoms with Gasteiger partial charge in [-0.15, -0.1) is 12.4 Å². The van der Waals surface area contributed by atoms with Gasteiger partial charge in [-0.2, -0.15) is 0 Å². The summed E-state index contributed by atoms with van der Waals surface area (Å²) in [5, 5.41) is 1.87. The Bertz CT molecular complexity index is 1030. The van der Waals surface area contributed by atoms with Crippen LogP contribution in [0, 0.1) is 13.8 Å². The summed E-state index contributed by atoms with van der Waals surface area (Å²) in [5.41, 5.74) is 4.52. The highest BCUT2D eigenvalue weighted by Crippen LogP contribution is 2.31. The number of hydrogen-bond acceptors (Lipinski definition) is 3. The fourth-order valence-corrected chi connectivity index (χ4v) is 4.09. The Balaban J connectivity index is 0.00000240. The number of aromatic nitrogens is 2. The first-order valence-electron chi connectivity index (χ1n) is 9.64. The van der Waals surface area contributed by atoms with Gasteiger partial charge in [0, 0.05) is 41.8 Å². The lowest BCUT2D eigenvalue weighted by molar-refractivity contribution is -0.128. The fourth-order valence-electron chi connectivity index (χ4n) is 3.88. The molecule has 5 nitrogen and oxygen atoms in total. The molecule has 1 saturated heterocycles. The van der Waals surface area contributed by atoms with Crippen LogP contribution >= 0.6 is 24.0 Å². The third-order valence-electron chi connectivity index (χ3n) is 5.51. The molecule has 1 amide bonds. The summed E-state index contributed by atoms with van der Waals surface area (Å²) in [7, 11) is 0. The van der Waals surface area contributed by atoms with Crippen LogP contribution in [0.25, 0.3) is 10.9 Å². The van der Waals surface area contributed by atoms with Crippen LogP contribution in [0.2, 0.25) is 5.02 Å². The zero-order chi connectivity index (χ0) is 19.7. The Hall–Kier alpha value is -2.24. The molecular weight excluding hydrogens is 409 g/mol. The maximum Gasteiger partial charge on any atom is 0.238 e. The summed E-state index contributed by atoms with van der Waals surface area (Å²) in [6, 6.07) is 9.93. The molecule has 0 unspecified atom stereocenters. The number of hydrogen-bond donors (Lipinski definition) is 0. The highest BCUT2D eigenvalue weighted by Gasteiger charge is 2.21. The Kier molecular flexibility index (Phi) is 6.70. The lowest BCUT2D eigenvalue weighted by atomic mass is 10.2. The van der Waals surface area contributed by atoms with E-state index in [1.807, 2.05) is 29.2 Å². The molecule has 1 aliphatic rings. The van der Waals surface area contributed by atoms with Gasteiger partial charge in [0.05, 0.1) is 6.54 Å². The van der Waals surface area contributed by atoms with Crippen LogP contribution in [0.4, 0.5) is 0 Å². The van der Waals surface area contributed by atoms with E-state index in [0.29, 0.717) is 32.0 Å². The van der Waals surface area contributed by atoms with Gasteiger partial charge in [-0.05, 0) is 49.6 Å². The van der Waals surface area contributed by atoms with Crippen molar-refractivity contribution in [1.82, 2.24) is 14.5 Å². The van der Waals surface area contributed by atoms with Crippen molar-refractivity contribution >= 4 is 40.8 Å². The van der Waals surface area contributed by atoms with Crippen molar-refractivity contribution in [2.75, 3.05) is 19.7 Å². The summed E-state index contributed by atoms with van der Waals surface area (Å²) in [5.74, 6) is 0.827. The summed E-state index contributed by atoms with van der Waals surface area (Å²) in [6.45, 7) is 6.81. The van der Waals surface area contributed by atoms with Crippen LogP contribution in [-0.2, 0) is 11.3 Å².